The summed E-state index contributed by atoms with van der Waals surface area (Å²) in [5.41, 5.74) is 2.47. The molecular weight excluding hydrogens is 244 g/mol. The zero-order chi connectivity index (χ0) is 13.1. The van der Waals surface area contributed by atoms with E-state index in [0.717, 1.165) is 24.7 Å². The maximum atomic E-state index is 6.33. The van der Waals surface area contributed by atoms with Crippen molar-refractivity contribution < 1.29 is 0 Å². The number of rotatable bonds is 3. The van der Waals surface area contributed by atoms with Crippen LogP contribution in [0.2, 0.25) is 5.02 Å². The van der Waals surface area contributed by atoms with Gasteiger partial charge in [0.25, 0.3) is 0 Å². The molecule has 2 nitrogen and oxygen atoms in total. The molecule has 18 heavy (non-hydrogen) atoms. The maximum absolute atomic E-state index is 6.33. The largest absolute Gasteiger partial charge is 0.311 e. The van der Waals surface area contributed by atoms with Gasteiger partial charge in [0.1, 0.15) is 0 Å². The van der Waals surface area contributed by atoms with Crippen LogP contribution in [0.15, 0.2) is 18.2 Å². The zero-order valence-corrected chi connectivity index (χ0v) is 12.3. The van der Waals surface area contributed by atoms with E-state index in [1.807, 2.05) is 0 Å². The van der Waals surface area contributed by atoms with Gasteiger partial charge in [-0.1, -0.05) is 30.7 Å². The predicted octanol–water partition coefficient (Wildman–Crippen LogP) is 3.22. The van der Waals surface area contributed by atoms with Crippen molar-refractivity contribution in [3.8, 4) is 0 Å². The van der Waals surface area contributed by atoms with Crippen molar-refractivity contribution in [2.75, 3.05) is 13.1 Å². The summed E-state index contributed by atoms with van der Waals surface area (Å²) < 4.78 is 0. The molecule has 1 aromatic carbocycles. The van der Waals surface area contributed by atoms with Gasteiger partial charge >= 0.3 is 0 Å². The number of nitrogens with one attached hydrogen (secondary N) is 1. The minimum Gasteiger partial charge on any atom is -0.311 e. The summed E-state index contributed by atoms with van der Waals surface area (Å²) in [6.07, 6.45) is 1.18. The van der Waals surface area contributed by atoms with E-state index >= 15 is 0 Å². The molecule has 0 aliphatic carbocycles. The van der Waals surface area contributed by atoms with Gasteiger partial charge in [-0.2, -0.15) is 0 Å². The van der Waals surface area contributed by atoms with Crippen molar-refractivity contribution >= 4 is 11.6 Å². The van der Waals surface area contributed by atoms with Crippen LogP contribution in [0.4, 0.5) is 0 Å². The Hall–Kier alpha value is -0.570. The van der Waals surface area contributed by atoms with Crippen LogP contribution in [-0.2, 0) is 6.54 Å². The first-order valence-electron chi connectivity index (χ1n) is 6.82. The van der Waals surface area contributed by atoms with Crippen LogP contribution in [0, 0.1) is 6.92 Å². The standard InChI is InChI=1S/C15H23ClN2/c1-4-14-8-17-12(3)9-18(14)10-13-6-5-11(2)7-15(13)16/h5-7,12,14,17H,4,8-10H2,1-3H3. The van der Waals surface area contributed by atoms with Gasteiger partial charge in [0.2, 0.25) is 0 Å². The average Bonchev–Trinajstić information content (AvgIpc) is 2.33. The summed E-state index contributed by atoms with van der Waals surface area (Å²) in [6, 6.07) is 7.56. The Bertz CT molecular complexity index is 405. The number of nitrogens with zero attached hydrogens (tertiary/aromatic N) is 1. The monoisotopic (exact) mass is 266 g/mol. The summed E-state index contributed by atoms with van der Waals surface area (Å²) in [5, 5.41) is 4.45. The quantitative estimate of drug-likeness (QED) is 0.904. The molecule has 100 valence electrons. The van der Waals surface area contributed by atoms with Crippen molar-refractivity contribution in [2.45, 2.75) is 45.8 Å². The number of benzene rings is 1. The van der Waals surface area contributed by atoms with Crippen LogP contribution in [-0.4, -0.2) is 30.1 Å². The van der Waals surface area contributed by atoms with Crippen LogP contribution in [0.25, 0.3) is 0 Å². The molecule has 1 aliphatic heterocycles. The lowest BCUT2D eigenvalue weighted by Gasteiger charge is -2.39. The molecule has 0 saturated carbocycles. The van der Waals surface area contributed by atoms with Crippen molar-refractivity contribution in [1.82, 2.24) is 10.2 Å². The fourth-order valence-electron chi connectivity index (χ4n) is 2.63. The van der Waals surface area contributed by atoms with Gasteiger partial charge in [0.15, 0.2) is 0 Å². The second kappa shape index (κ2) is 6.05. The fourth-order valence-corrected chi connectivity index (χ4v) is 2.92. The molecule has 1 aromatic rings. The number of piperazine rings is 1. The molecule has 2 unspecified atom stereocenters. The van der Waals surface area contributed by atoms with Crippen LogP contribution in [0.5, 0.6) is 0 Å². The smallest absolute Gasteiger partial charge is 0.0453 e. The van der Waals surface area contributed by atoms with Crippen molar-refractivity contribution in [2.24, 2.45) is 0 Å². The molecular formula is C15H23ClN2. The minimum atomic E-state index is 0.567. The van der Waals surface area contributed by atoms with Crippen molar-refractivity contribution in [3.05, 3.63) is 34.3 Å². The summed E-state index contributed by atoms with van der Waals surface area (Å²) in [7, 11) is 0. The van der Waals surface area contributed by atoms with E-state index in [4.69, 9.17) is 11.6 Å². The lowest BCUT2D eigenvalue weighted by atomic mass is 10.1. The first-order chi connectivity index (χ1) is 8.60. The number of aryl methyl sites for hydroxylation is 1. The second-order valence-corrected chi connectivity index (χ2v) is 5.80. The number of hydrogen-bond acceptors (Lipinski definition) is 2. The zero-order valence-electron chi connectivity index (χ0n) is 11.5. The van der Waals surface area contributed by atoms with E-state index in [1.54, 1.807) is 0 Å². The number of halogens is 1. The molecule has 1 heterocycles. The Labute approximate surface area is 115 Å². The van der Waals surface area contributed by atoms with E-state index in [2.05, 4.69) is 49.2 Å². The highest BCUT2D eigenvalue weighted by atomic mass is 35.5. The molecule has 0 radical (unpaired) electrons. The van der Waals surface area contributed by atoms with E-state index in [0.29, 0.717) is 12.1 Å². The molecule has 1 aliphatic rings. The molecule has 1 fully saturated rings. The van der Waals surface area contributed by atoms with Crippen molar-refractivity contribution in [1.29, 1.82) is 0 Å². The summed E-state index contributed by atoms with van der Waals surface area (Å²) in [5.74, 6) is 0. The fraction of sp³-hybridized carbons (Fsp3) is 0.600. The normalized spacial score (nSPS) is 25.3. The Morgan fingerprint density at radius 1 is 1.44 bits per heavy atom. The Morgan fingerprint density at radius 3 is 2.89 bits per heavy atom. The van der Waals surface area contributed by atoms with Gasteiger partial charge < -0.3 is 5.32 Å². The summed E-state index contributed by atoms with van der Waals surface area (Å²) >= 11 is 6.33. The third-order valence-electron chi connectivity index (χ3n) is 3.78. The van der Waals surface area contributed by atoms with Crippen LogP contribution in [0.3, 0.4) is 0 Å². The van der Waals surface area contributed by atoms with Gasteiger partial charge in [-0.25, -0.2) is 0 Å². The Morgan fingerprint density at radius 2 is 2.22 bits per heavy atom. The lowest BCUT2D eigenvalue weighted by Crippen LogP contribution is -2.54. The molecule has 2 atom stereocenters. The summed E-state index contributed by atoms with van der Waals surface area (Å²) in [4.78, 5) is 2.55. The van der Waals surface area contributed by atoms with Crippen LogP contribution in [0.1, 0.15) is 31.4 Å². The van der Waals surface area contributed by atoms with Crippen molar-refractivity contribution in [3.63, 3.8) is 0 Å². The molecule has 0 spiro atoms. The molecule has 1 N–H and O–H groups in total. The average molecular weight is 267 g/mol. The van der Waals surface area contributed by atoms with Gasteiger partial charge in [-0.15, -0.1) is 0 Å². The first-order valence-corrected chi connectivity index (χ1v) is 7.20. The van der Waals surface area contributed by atoms with E-state index < -0.39 is 0 Å². The molecule has 0 amide bonds. The highest BCUT2D eigenvalue weighted by Gasteiger charge is 2.24. The highest BCUT2D eigenvalue weighted by Crippen LogP contribution is 2.22. The Kier molecular flexibility index (Phi) is 4.66. The first kappa shape index (κ1) is 13.9. The molecule has 3 heteroatoms. The number of hydrogen-bond donors (Lipinski definition) is 1. The lowest BCUT2D eigenvalue weighted by molar-refractivity contribution is 0.124. The van der Waals surface area contributed by atoms with Gasteiger partial charge in [0, 0.05) is 36.7 Å². The third kappa shape index (κ3) is 3.25. The van der Waals surface area contributed by atoms with E-state index in [1.165, 1.54) is 17.5 Å². The topological polar surface area (TPSA) is 15.3 Å². The highest BCUT2D eigenvalue weighted by molar-refractivity contribution is 6.31. The van der Waals surface area contributed by atoms with E-state index in [-0.39, 0.29) is 0 Å². The van der Waals surface area contributed by atoms with Crippen LogP contribution < -0.4 is 5.32 Å². The summed E-state index contributed by atoms with van der Waals surface area (Å²) in [6.45, 7) is 9.73. The molecule has 1 saturated heterocycles. The predicted molar refractivity (Wildman–Crippen MR) is 78.1 cm³/mol. The molecule has 0 bridgehead atoms. The van der Waals surface area contributed by atoms with Crippen LogP contribution >= 0.6 is 11.6 Å². The SMILES string of the molecule is CCC1CNC(C)CN1Cc1ccc(C)cc1Cl. The second-order valence-electron chi connectivity index (χ2n) is 5.40. The van der Waals surface area contributed by atoms with Gasteiger partial charge in [0.05, 0.1) is 0 Å². The maximum Gasteiger partial charge on any atom is 0.0453 e. The third-order valence-corrected chi connectivity index (χ3v) is 4.13. The van der Waals surface area contributed by atoms with Gasteiger partial charge in [-0.3, -0.25) is 4.90 Å². The minimum absolute atomic E-state index is 0.567. The molecule has 0 aromatic heterocycles. The molecule has 2 rings (SSSR count). The van der Waals surface area contributed by atoms with Gasteiger partial charge in [-0.05, 0) is 37.5 Å². The Balaban J connectivity index is 2.10. The van der Waals surface area contributed by atoms with E-state index in [9.17, 15) is 0 Å².